The quantitative estimate of drug-likeness (QED) is 0.347. The Labute approximate surface area is 78.6 Å². The molecule has 0 saturated heterocycles. The molecule has 0 unspecified atom stereocenters. The zero-order valence-corrected chi connectivity index (χ0v) is 7.98. The number of nitrogens with zero attached hydrogens (tertiary/aromatic N) is 3. The third-order valence-corrected chi connectivity index (χ3v) is 1.56. The Bertz CT molecular complexity index is 285. The number of aromatic nitrogens is 1. The second-order valence-corrected chi connectivity index (χ2v) is 2.76. The van der Waals surface area contributed by atoms with Crippen molar-refractivity contribution in [3.63, 3.8) is 0 Å². The molecule has 0 fully saturated rings. The molecule has 1 radical (unpaired) electrons. The molecule has 1 aromatic rings. The van der Waals surface area contributed by atoms with E-state index in [1.807, 2.05) is 6.07 Å². The molecule has 0 bridgehead atoms. The van der Waals surface area contributed by atoms with E-state index in [0.717, 1.165) is 0 Å². The average molecular weight is 226 g/mol. The summed E-state index contributed by atoms with van der Waals surface area (Å²) in [4.78, 5) is 4.00. The molecule has 0 spiro atoms. The van der Waals surface area contributed by atoms with E-state index >= 15 is 0 Å². The van der Waals surface area contributed by atoms with Gasteiger partial charge in [-0.25, -0.2) is 0 Å². The van der Waals surface area contributed by atoms with E-state index in [1.165, 1.54) is 5.01 Å². The first-order valence-electron chi connectivity index (χ1n) is 3.19. The summed E-state index contributed by atoms with van der Waals surface area (Å²) >= 11 is 2.52. The van der Waals surface area contributed by atoms with Crippen molar-refractivity contribution in [1.82, 2.24) is 4.98 Å². The molecule has 0 aliphatic rings. The van der Waals surface area contributed by atoms with Gasteiger partial charge in [0, 0.05) is 0 Å². The molecule has 1 aromatic heterocycles. The third kappa shape index (κ3) is 1.90. The summed E-state index contributed by atoms with van der Waals surface area (Å²) in [5.41, 5.74) is 0. The van der Waals surface area contributed by atoms with E-state index in [2.05, 4.69) is 32.8 Å². The zero-order valence-electron chi connectivity index (χ0n) is 6.27. The number of hydrazone groups is 1. The van der Waals surface area contributed by atoms with Crippen molar-refractivity contribution in [3.8, 4) is 0 Å². The topological polar surface area (TPSA) is 52.3 Å². The molecule has 0 aliphatic heterocycles. The van der Waals surface area contributed by atoms with Gasteiger partial charge in [0.25, 0.3) is 0 Å². The minimum absolute atomic E-state index is 0.170. The Morgan fingerprint density at radius 3 is 2.83 bits per heavy atom. The summed E-state index contributed by atoms with van der Waals surface area (Å²) in [7, 11) is 0. The summed E-state index contributed by atoms with van der Waals surface area (Å²) in [5.74, 6) is 0.580. The van der Waals surface area contributed by atoms with Crippen LogP contribution in [0, 0.1) is 5.41 Å². The molecule has 0 aliphatic carbocycles. The van der Waals surface area contributed by atoms with E-state index in [4.69, 9.17) is 5.41 Å². The van der Waals surface area contributed by atoms with Crippen molar-refractivity contribution in [2.24, 2.45) is 5.10 Å². The van der Waals surface area contributed by atoms with Gasteiger partial charge in [0.15, 0.2) is 0 Å². The summed E-state index contributed by atoms with van der Waals surface area (Å²) < 4.78 is 0.170. The van der Waals surface area contributed by atoms with Gasteiger partial charge in [0.1, 0.15) is 0 Å². The van der Waals surface area contributed by atoms with Crippen LogP contribution >= 0.6 is 0 Å². The van der Waals surface area contributed by atoms with Crippen molar-refractivity contribution in [3.05, 3.63) is 24.4 Å². The number of anilines is 1. The van der Waals surface area contributed by atoms with E-state index in [0.29, 0.717) is 5.82 Å². The molecule has 1 N–H and O–H groups in total. The van der Waals surface area contributed by atoms with E-state index < -0.39 is 0 Å². The van der Waals surface area contributed by atoms with Gasteiger partial charge in [-0.15, -0.1) is 0 Å². The summed E-state index contributed by atoms with van der Waals surface area (Å²) in [5, 5.41) is 12.2. The minimum atomic E-state index is 0.170. The van der Waals surface area contributed by atoms with Crippen molar-refractivity contribution in [2.45, 2.75) is 0 Å². The van der Waals surface area contributed by atoms with Crippen molar-refractivity contribution < 1.29 is 0 Å². The van der Waals surface area contributed by atoms with E-state index in [1.54, 1.807) is 18.3 Å². The van der Waals surface area contributed by atoms with Crippen molar-refractivity contribution in [1.29, 1.82) is 5.41 Å². The first-order chi connectivity index (χ1) is 5.75. The molecule has 1 heterocycles. The van der Waals surface area contributed by atoms with Crippen LogP contribution in [-0.2, 0) is 0 Å². The maximum atomic E-state index is 7.29. The monoisotopic (exact) mass is 227 g/mol. The maximum absolute atomic E-state index is 7.29. The first-order valence-corrected chi connectivity index (χ1v) is 4.04. The number of rotatable bonds is 2. The molecular weight excluding hydrogens is 219 g/mol. The Balaban J connectivity index is 2.95. The molecule has 61 valence electrons. The van der Waals surface area contributed by atoms with Crippen LogP contribution < -0.4 is 5.01 Å². The number of nitrogens with one attached hydrogen (secondary N) is 1. The van der Waals surface area contributed by atoms with Crippen LogP contribution in [0.25, 0.3) is 0 Å². The predicted molar refractivity (Wildman–Crippen MR) is 49.7 cm³/mol. The fourth-order valence-corrected chi connectivity index (χ4v) is 1.04. The number of hydrogen-bond acceptors (Lipinski definition) is 3. The molecule has 0 amide bonds. The Hall–Kier alpha value is -1.19. The molecule has 4 nitrogen and oxygen atoms in total. The van der Waals surface area contributed by atoms with Crippen LogP contribution in [0.5, 0.6) is 0 Å². The van der Waals surface area contributed by atoms with Crippen LogP contribution in [0.2, 0.25) is 0 Å². The standard InChI is InChI=1S/C7H7N4Se/c1-9-11(7(8)12)6-4-2-3-5-10-6/h2-5,8H,1H2. The fourth-order valence-electron chi connectivity index (χ4n) is 0.720. The van der Waals surface area contributed by atoms with Gasteiger partial charge in [-0.3, -0.25) is 0 Å². The molecule has 12 heavy (non-hydrogen) atoms. The molecule has 1 rings (SSSR count). The van der Waals surface area contributed by atoms with Gasteiger partial charge in [0.05, 0.1) is 0 Å². The Morgan fingerprint density at radius 2 is 2.42 bits per heavy atom. The summed E-state index contributed by atoms with van der Waals surface area (Å²) in [6.45, 7) is 3.33. The Kier molecular flexibility index (Phi) is 2.96. The van der Waals surface area contributed by atoms with Crippen LogP contribution in [-0.4, -0.2) is 32.4 Å². The van der Waals surface area contributed by atoms with Gasteiger partial charge in [-0.05, 0) is 0 Å². The predicted octanol–water partition coefficient (Wildman–Crippen LogP) is 0.607. The molecular formula is C7H7N4Se. The van der Waals surface area contributed by atoms with Crippen LogP contribution in [0.4, 0.5) is 5.82 Å². The molecule has 0 saturated carbocycles. The second kappa shape index (κ2) is 3.99. The van der Waals surface area contributed by atoms with Crippen LogP contribution in [0.1, 0.15) is 0 Å². The number of hydrogen-bond donors (Lipinski definition) is 1. The van der Waals surface area contributed by atoms with Gasteiger partial charge >= 0.3 is 78.2 Å². The van der Waals surface area contributed by atoms with E-state index in [9.17, 15) is 0 Å². The average Bonchev–Trinajstić information content (AvgIpc) is 2.07. The molecule has 0 atom stereocenters. The second-order valence-electron chi connectivity index (χ2n) is 1.95. The molecule has 5 heteroatoms. The number of pyridine rings is 1. The third-order valence-electron chi connectivity index (χ3n) is 1.20. The van der Waals surface area contributed by atoms with Crippen molar-refractivity contribution >= 4 is 33.3 Å². The normalized spacial score (nSPS) is 9.00. The van der Waals surface area contributed by atoms with Gasteiger partial charge < -0.3 is 0 Å². The van der Waals surface area contributed by atoms with E-state index in [-0.39, 0.29) is 4.73 Å². The number of amidine groups is 1. The first kappa shape index (κ1) is 8.90. The van der Waals surface area contributed by atoms with Gasteiger partial charge in [0.2, 0.25) is 0 Å². The summed E-state index contributed by atoms with van der Waals surface area (Å²) in [6, 6.07) is 5.37. The van der Waals surface area contributed by atoms with Crippen LogP contribution in [0.15, 0.2) is 29.5 Å². The molecule has 0 aromatic carbocycles. The Morgan fingerprint density at radius 1 is 1.67 bits per heavy atom. The summed E-state index contributed by atoms with van der Waals surface area (Å²) in [6.07, 6.45) is 1.64. The van der Waals surface area contributed by atoms with Crippen LogP contribution in [0.3, 0.4) is 0 Å². The zero-order chi connectivity index (χ0) is 8.97. The van der Waals surface area contributed by atoms with Gasteiger partial charge in [-0.1, -0.05) is 0 Å². The van der Waals surface area contributed by atoms with Gasteiger partial charge in [-0.2, -0.15) is 0 Å². The SMILES string of the molecule is C=NN(C(=N)[Se])c1ccccn1. The van der Waals surface area contributed by atoms with Crippen molar-refractivity contribution in [2.75, 3.05) is 5.01 Å². The fraction of sp³-hybridized carbons (Fsp3) is 0.